The van der Waals surface area contributed by atoms with Crippen LogP contribution >= 0.6 is 0 Å². The van der Waals surface area contributed by atoms with Gasteiger partial charge in [-0.2, -0.15) is 0 Å². The largest absolute Gasteiger partial charge is 0.325 e. The molecule has 158 valence electrons. The van der Waals surface area contributed by atoms with Gasteiger partial charge >= 0.3 is 0 Å². The van der Waals surface area contributed by atoms with Gasteiger partial charge in [-0.3, -0.25) is 9.52 Å². The van der Waals surface area contributed by atoms with Crippen LogP contribution in [0.4, 0.5) is 15.8 Å². The number of carbonyl (C=O) groups is 1. The Morgan fingerprint density at radius 1 is 1.00 bits per heavy atom. The predicted molar refractivity (Wildman–Crippen MR) is 117 cm³/mol. The Kier molecular flexibility index (Phi) is 4.59. The van der Waals surface area contributed by atoms with Crippen molar-refractivity contribution in [1.29, 1.82) is 0 Å². The zero-order chi connectivity index (χ0) is 21.6. The van der Waals surface area contributed by atoms with Gasteiger partial charge in [-0.05, 0) is 60.2 Å². The highest BCUT2D eigenvalue weighted by molar-refractivity contribution is 7.92. The fraction of sp³-hybridized carbons (Fsp3) is 0.208. The van der Waals surface area contributed by atoms with Gasteiger partial charge in [0.15, 0.2) is 0 Å². The van der Waals surface area contributed by atoms with Crippen molar-refractivity contribution in [2.45, 2.75) is 36.0 Å². The van der Waals surface area contributed by atoms with Gasteiger partial charge in [-0.15, -0.1) is 0 Å². The van der Waals surface area contributed by atoms with E-state index < -0.39 is 26.2 Å². The summed E-state index contributed by atoms with van der Waals surface area (Å²) in [5.74, 6) is -0.842. The van der Waals surface area contributed by atoms with Crippen LogP contribution in [0.5, 0.6) is 0 Å². The van der Waals surface area contributed by atoms with E-state index in [0.29, 0.717) is 12.1 Å². The lowest BCUT2D eigenvalue weighted by molar-refractivity contribution is -0.123. The molecule has 1 aliphatic heterocycles. The van der Waals surface area contributed by atoms with E-state index in [-0.39, 0.29) is 5.91 Å². The van der Waals surface area contributed by atoms with Crippen molar-refractivity contribution in [3.8, 4) is 0 Å². The van der Waals surface area contributed by atoms with Crippen molar-refractivity contribution >= 4 is 27.3 Å². The van der Waals surface area contributed by atoms with Gasteiger partial charge in [0.1, 0.15) is 10.7 Å². The fourth-order valence-corrected chi connectivity index (χ4v) is 5.62. The summed E-state index contributed by atoms with van der Waals surface area (Å²) in [7, 11) is -4.12. The van der Waals surface area contributed by atoms with Crippen molar-refractivity contribution in [3.63, 3.8) is 0 Å². The number of carbonyl (C=O) groups excluding carboxylic acids is 1. The third-order valence-electron chi connectivity index (χ3n) is 6.23. The van der Waals surface area contributed by atoms with E-state index in [4.69, 9.17) is 0 Å². The number of nitrogens with one attached hydrogen (secondary N) is 2. The molecule has 7 heteroatoms. The van der Waals surface area contributed by atoms with Crippen molar-refractivity contribution in [3.05, 3.63) is 89.2 Å². The van der Waals surface area contributed by atoms with E-state index in [1.165, 1.54) is 18.2 Å². The minimum Gasteiger partial charge on any atom is -0.325 e. The molecule has 0 atom stereocenters. The summed E-state index contributed by atoms with van der Waals surface area (Å²) in [6.45, 7) is 0. The van der Waals surface area contributed by atoms with Crippen LogP contribution in [0.15, 0.2) is 71.6 Å². The third-order valence-corrected chi connectivity index (χ3v) is 7.65. The quantitative estimate of drug-likeness (QED) is 0.614. The minimum atomic E-state index is -4.12. The number of amides is 1. The average Bonchev–Trinajstić information content (AvgIpc) is 3.01. The summed E-state index contributed by atoms with van der Waals surface area (Å²) in [5.41, 5.74) is 3.19. The van der Waals surface area contributed by atoms with Gasteiger partial charge in [-0.1, -0.05) is 48.9 Å². The average molecular weight is 437 g/mol. The molecule has 0 aromatic heterocycles. The van der Waals surface area contributed by atoms with Gasteiger partial charge in [0.05, 0.1) is 5.41 Å². The summed E-state index contributed by atoms with van der Waals surface area (Å²) in [6, 6.07) is 18.5. The minimum absolute atomic E-state index is 0.0304. The van der Waals surface area contributed by atoms with Crippen LogP contribution in [-0.4, -0.2) is 14.3 Å². The van der Waals surface area contributed by atoms with E-state index in [1.54, 1.807) is 12.1 Å². The van der Waals surface area contributed by atoms with E-state index in [9.17, 15) is 17.6 Å². The molecule has 1 aliphatic carbocycles. The van der Waals surface area contributed by atoms with Crippen molar-refractivity contribution in [1.82, 2.24) is 0 Å². The number of sulfonamides is 1. The number of fused-ring (bicyclic) bond motifs is 2. The Morgan fingerprint density at radius 2 is 1.71 bits per heavy atom. The molecule has 2 aliphatic rings. The lowest BCUT2D eigenvalue weighted by Gasteiger charge is -2.36. The molecular weight excluding hydrogens is 415 g/mol. The molecule has 2 N–H and O–H groups in total. The molecule has 1 heterocycles. The number of benzene rings is 3. The molecule has 0 saturated heterocycles. The number of anilines is 2. The molecule has 1 spiro atoms. The molecule has 3 aromatic carbocycles. The van der Waals surface area contributed by atoms with Gasteiger partial charge in [0, 0.05) is 11.4 Å². The van der Waals surface area contributed by atoms with Crippen molar-refractivity contribution in [2.75, 3.05) is 10.0 Å². The molecule has 5 rings (SSSR count). The molecule has 0 unspecified atom stereocenters. The first-order valence-corrected chi connectivity index (χ1v) is 11.7. The Hall–Kier alpha value is -3.19. The first-order chi connectivity index (χ1) is 14.9. The summed E-state index contributed by atoms with van der Waals surface area (Å²) >= 11 is 0. The van der Waals surface area contributed by atoms with E-state index >= 15 is 0 Å². The first-order valence-electron chi connectivity index (χ1n) is 10.2. The fourth-order valence-electron chi connectivity index (χ4n) is 4.50. The van der Waals surface area contributed by atoms with Crippen LogP contribution in [-0.2, 0) is 26.7 Å². The first kappa shape index (κ1) is 19.8. The maximum absolute atomic E-state index is 14.1. The molecule has 1 saturated carbocycles. The van der Waals surface area contributed by atoms with Gasteiger partial charge in [-0.25, -0.2) is 12.8 Å². The van der Waals surface area contributed by atoms with E-state index in [0.717, 1.165) is 47.7 Å². The molecule has 1 fully saturated rings. The van der Waals surface area contributed by atoms with Crippen LogP contribution in [0.2, 0.25) is 0 Å². The summed E-state index contributed by atoms with van der Waals surface area (Å²) in [4.78, 5) is 12.4. The second-order valence-electron chi connectivity index (χ2n) is 8.15. The van der Waals surface area contributed by atoms with Gasteiger partial charge in [0.25, 0.3) is 10.0 Å². The van der Waals surface area contributed by atoms with E-state index in [2.05, 4.69) is 10.0 Å². The Labute approximate surface area is 180 Å². The number of hydrogen-bond donors (Lipinski definition) is 2. The summed E-state index contributed by atoms with van der Waals surface area (Å²) < 4.78 is 42.4. The highest BCUT2D eigenvalue weighted by Gasteiger charge is 2.51. The Bertz CT molecular complexity index is 1290. The zero-order valence-electron chi connectivity index (χ0n) is 16.7. The van der Waals surface area contributed by atoms with Crippen LogP contribution in [0.25, 0.3) is 0 Å². The predicted octanol–water partition coefficient (Wildman–Crippen LogP) is 4.59. The number of halogens is 1. The SMILES string of the molecule is O=C1Nc2c(Cc3ccccc3)cc(NS(=O)(=O)c3ccccc3F)cc2C12CCC2. The maximum atomic E-state index is 14.1. The Balaban J connectivity index is 1.60. The van der Waals surface area contributed by atoms with Gasteiger partial charge in [0.2, 0.25) is 5.91 Å². The van der Waals surface area contributed by atoms with Crippen molar-refractivity contribution in [2.24, 2.45) is 0 Å². The standard InChI is InChI=1S/C24H21FN2O3S/c25-20-9-4-5-10-21(20)31(29,30)27-18-14-17(13-16-7-2-1-3-8-16)22-19(15-18)24(11-6-12-24)23(28)26-22/h1-5,7-10,14-15,27H,6,11-13H2,(H,26,28). The number of hydrogen-bond acceptors (Lipinski definition) is 3. The molecular formula is C24H21FN2O3S. The summed E-state index contributed by atoms with van der Waals surface area (Å²) in [6.07, 6.45) is 2.96. The number of rotatable bonds is 5. The van der Waals surface area contributed by atoms with Crippen LogP contribution in [0, 0.1) is 5.82 Å². The molecule has 1 amide bonds. The molecule has 0 bridgehead atoms. The normalized spacial score (nSPS) is 16.5. The molecule has 3 aromatic rings. The lowest BCUT2D eigenvalue weighted by atomic mass is 9.65. The monoisotopic (exact) mass is 436 g/mol. The topological polar surface area (TPSA) is 75.3 Å². The molecule has 5 nitrogen and oxygen atoms in total. The Morgan fingerprint density at radius 3 is 2.39 bits per heavy atom. The second kappa shape index (κ2) is 7.20. The molecule has 0 radical (unpaired) electrons. The van der Waals surface area contributed by atoms with Gasteiger partial charge < -0.3 is 5.32 Å². The third kappa shape index (κ3) is 3.29. The smallest absolute Gasteiger partial charge is 0.264 e. The van der Waals surface area contributed by atoms with Crippen molar-refractivity contribution < 1.29 is 17.6 Å². The van der Waals surface area contributed by atoms with Crippen LogP contribution in [0.1, 0.15) is 36.0 Å². The summed E-state index contributed by atoms with van der Waals surface area (Å²) in [5, 5.41) is 3.03. The lowest BCUT2D eigenvalue weighted by Crippen LogP contribution is -2.40. The second-order valence-corrected chi connectivity index (χ2v) is 9.80. The highest BCUT2D eigenvalue weighted by Crippen LogP contribution is 2.53. The highest BCUT2D eigenvalue weighted by atomic mass is 32.2. The zero-order valence-corrected chi connectivity index (χ0v) is 17.5. The van der Waals surface area contributed by atoms with Crippen LogP contribution in [0.3, 0.4) is 0 Å². The van der Waals surface area contributed by atoms with Crippen LogP contribution < -0.4 is 10.0 Å². The molecule has 31 heavy (non-hydrogen) atoms. The van der Waals surface area contributed by atoms with E-state index in [1.807, 2.05) is 30.3 Å². The maximum Gasteiger partial charge on any atom is 0.264 e.